The number of carbonyl (C=O) groups is 1. The molecule has 2 aromatic carbocycles. The number of benzene rings is 2. The van der Waals surface area contributed by atoms with Crippen molar-refractivity contribution in [1.29, 1.82) is 0 Å². The molecule has 2 amide bonds. The molecule has 0 spiro atoms. The van der Waals surface area contributed by atoms with Crippen molar-refractivity contribution in [2.75, 3.05) is 11.9 Å². The van der Waals surface area contributed by atoms with Crippen LogP contribution >= 0.6 is 11.3 Å². The third kappa shape index (κ3) is 4.67. The molecule has 1 aliphatic rings. The molecule has 1 saturated heterocycles. The molecule has 6 heteroatoms. The van der Waals surface area contributed by atoms with Crippen LogP contribution in [0.25, 0.3) is 10.4 Å². The minimum atomic E-state index is -0.707. The van der Waals surface area contributed by atoms with Crippen molar-refractivity contribution >= 4 is 23.1 Å². The topological polar surface area (TPSA) is 59.6 Å². The summed E-state index contributed by atoms with van der Waals surface area (Å²) in [4.78, 5) is 13.9. The Labute approximate surface area is 174 Å². The zero-order chi connectivity index (χ0) is 20.3. The van der Waals surface area contributed by atoms with E-state index in [4.69, 9.17) is 9.47 Å². The smallest absolute Gasteiger partial charge is 0.319 e. The zero-order valence-corrected chi connectivity index (χ0v) is 17.2. The van der Waals surface area contributed by atoms with Gasteiger partial charge >= 0.3 is 6.03 Å². The number of carbonyl (C=O) groups excluding carboxylic acids is 1. The largest absolute Gasteiger partial charge is 0.348 e. The van der Waals surface area contributed by atoms with Gasteiger partial charge in [0.1, 0.15) is 6.10 Å². The Morgan fingerprint density at radius 1 is 1.03 bits per heavy atom. The Kier molecular flexibility index (Phi) is 5.67. The quantitative estimate of drug-likeness (QED) is 0.605. The van der Waals surface area contributed by atoms with E-state index in [1.54, 1.807) is 11.3 Å². The molecule has 29 heavy (non-hydrogen) atoms. The average molecular weight is 409 g/mol. The second-order valence-electron chi connectivity index (χ2n) is 7.39. The molecule has 5 nitrogen and oxygen atoms in total. The third-order valence-corrected chi connectivity index (χ3v) is 5.70. The van der Waals surface area contributed by atoms with Crippen molar-refractivity contribution < 1.29 is 14.3 Å². The number of rotatable bonds is 4. The number of amides is 2. The first-order chi connectivity index (χ1) is 14.0. The lowest BCUT2D eigenvalue weighted by Gasteiger charge is -2.41. The summed E-state index contributed by atoms with van der Waals surface area (Å²) in [7, 11) is 0. The maximum atomic E-state index is 12.8. The molecule has 2 N–H and O–H groups in total. The fraction of sp³-hybridized carbons (Fsp3) is 0.261. The lowest BCUT2D eigenvalue weighted by Crippen LogP contribution is -2.52. The van der Waals surface area contributed by atoms with Gasteiger partial charge in [0, 0.05) is 10.4 Å². The molecule has 0 saturated carbocycles. The average Bonchev–Trinajstić information content (AvgIpc) is 3.25. The van der Waals surface area contributed by atoms with Gasteiger partial charge in [-0.2, -0.15) is 0 Å². The monoisotopic (exact) mass is 408 g/mol. The molecule has 2 heterocycles. The first kappa shape index (κ1) is 19.6. The predicted octanol–water partition coefficient (Wildman–Crippen LogP) is 5.43. The highest BCUT2D eigenvalue weighted by Gasteiger charge is 2.38. The van der Waals surface area contributed by atoms with E-state index in [2.05, 4.69) is 10.6 Å². The van der Waals surface area contributed by atoms with Gasteiger partial charge in [0.05, 0.1) is 18.3 Å². The first-order valence-electron chi connectivity index (χ1n) is 9.59. The van der Waals surface area contributed by atoms with E-state index in [-0.39, 0.29) is 18.2 Å². The van der Waals surface area contributed by atoms with Crippen molar-refractivity contribution in [3.63, 3.8) is 0 Å². The van der Waals surface area contributed by atoms with E-state index < -0.39 is 5.79 Å². The molecule has 0 bridgehead atoms. The van der Waals surface area contributed by atoms with Crippen molar-refractivity contribution in [1.82, 2.24) is 5.32 Å². The summed E-state index contributed by atoms with van der Waals surface area (Å²) in [6, 6.07) is 21.1. The normalized spacial score (nSPS) is 20.8. The van der Waals surface area contributed by atoms with E-state index in [1.807, 2.05) is 86.0 Å². The Morgan fingerprint density at radius 3 is 2.55 bits per heavy atom. The number of nitrogens with one attached hydrogen (secondary N) is 2. The second kappa shape index (κ2) is 8.37. The molecular weight excluding hydrogens is 384 g/mol. The van der Waals surface area contributed by atoms with E-state index in [1.165, 1.54) is 0 Å². The number of para-hydroxylation sites is 1. The van der Waals surface area contributed by atoms with Crippen LogP contribution in [0.3, 0.4) is 0 Å². The molecule has 1 aliphatic heterocycles. The number of urea groups is 1. The van der Waals surface area contributed by atoms with Gasteiger partial charge in [-0.05, 0) is 36.9 Å². The Morgan fingerprint density at radius 2 is 1.79 bits per heavy atom. The van der Waals surface area contributed by atoms with Crippen LogP contribution in [-0.4, -0.2) is 24.5 Å². The standard InChI is InChI=1S/C23H24N2O3S/c1-23(2)27-15-19(21(28-23)16-9-4-3-5-10-16)25-22(26)24-18-12-7-6-11-17(18)20-13-8-14-29-20/h3-14,19,21H,15H2,1-2H3,(H2,24,25,26)/t19-,21-/m0/s1. The summed E-state index contributed by atoms with van der Waals surface area (Å²) in [5.41, 5.74) is 2.77. The highest BCUT2D eigenvalue weighted by Crippen LogP contribution is 2.34. The van der Waals surface area contributed by atoms with E-state index in [0.717, 1.165) is 21.7 Å². The van der Waals surface area contributed by atoms with E-state index >= 15 is 0 Å². The van der Waals surface area contributed by atoms with Gasteiger partial charge in [-0.25, -0.2) is 4.79 Å². The maximum Gasteiger partial charge on any atom is 0.319 e. The maximum absolute atomic E-state index is 12.8. The molecule has 0 radical (unpaired) electrons. The van der Waals surface area contributed by atoms with E-state index in [9.17, 15) is 4.79 Å². The number of ether oxygens (including phenoxy) is 2. The minimum Gasteiger partial charge on any atom is -0.348 e. The van der Waals surface area contributed by atoms with Crippen LogP contribution in [0.5, 0.6) is 0 Å². The van der Waals surface area contributed by atoms with Crippen LogP contribution in [0, 0.1) is 0 Å². The molecule has 1 aromatic heterocycles. The second-order valence-corrected chi connectivity index (χ2v) is 8.34. The molecule has 150 valence electrons. The van der Waals surface area contributed by atoms with Crippen LogP contribution in [0.15, 0.2) is 72.1 Å². The molecule has 0 unspecified atom stereocenters. The molecular formula is C23H24N2O3S. The van der Waals surface area contributed by atoms with Crippen molar-refractivity contribution in [2.45, 2.75) is 31.8 Å². The van der Waals surface area contributed by atoms with Gasteiger partial charge in [0.15, 0.2) is 5.79 Å². The highest BCUT2D eigenvalue weighted by atomic mass is 32.1. The van der Waals surface area contributed by atoms with Crippen molar-refractivity contribution in [3.8, 4) is 10.4 Å². The summed E-state index contributed by atoms with van der Waals surface area (Å²) >= 11 is 1.64. The van der Waals surface area contributed by atoms with Gasteiger partial charge in [-0.3, -0.25) is 0 Å². The number of anilines is 1. The number of thiophene rings is 1. The van der Waals surface area contributed by atoms with Crippen LogP contribution in [0.4, 0.5) is 10.5 Å². The summed E-state index contributed by atoms with van der Waals surface area (Å²) in [6.45, 7) is 4.14. The van der Waals surface area contributed by atoms with Gasteiger partial charge in [0.2, 0.25) is 0 Å². The van der Waals surface area contributed by atoms with Gasteiger partial charge in [-0.1, -0.05) is 54.6 Å². The highest BCUT2D eigenvalue weighted by molar-refractivity contribution is 7.13. The van der Waals surface area contributed by atoms with E-state index in [0.29, 0.717) is 6.61 Å². The van der Waals surface area contributed by atoms with Crippen LogP contribution in [0.1, 0.15) is 25.5 Å². The fourth-order valence-corrected chi connectivity index (χ4v) is 4.19. The summed E-state index contributed by atoms with van der Waals surface area (Å²) < 4.78 is 11.9. The summed E-state index contributed by atoms with van der Waals surface area (Å²) in [5, 5.41) is 8.04. The van der Waals surface area contributed by atoms with Gasteiger partial charge in [0.25, 0.3) is 0 Å². The minimum absolute atomic E-state index is 0.285. The van der Waals surface area contributed by atoms with Crippen LogP contribution in [-0.2, 0) is 9.47 Å². The molecule has 3 aromatic rings. The van der Waals surface area contributed by atoms with Crippen molar-refractivity contribution in [2.24, 2.45) is 0 Å². The SMILES string of the molecule is CC1(C)OC[C@H](NC(=O)Nc2ccccc2-c2cccs2)[C@H](c2ccccc2)O1. The number of hydrogen-bond donors (Lipinski definition) is 2. The Hall–Kier alpha value is -2.67. The van der Waals surface area contributed by atoms with Gasteiger partial charge < -0.3 is 20.1 Å². The lowest BCUT2D eigenvalue weighted by molar-refractivity contribution is -0.284. The summed E-state index contributed by atoms with van der Waals surface area (Å²) in [6.07, 6.45) is -0.293. The Balaban J connectivity index is 1.51. The lowest BCUT2D eigenvalue weighted by atomic mass is 10.0. The predicted molar refractivity (Wildman–Crippen MR) is 116 cm³/mol. The number of hydrogen-bond acceptors (Lipinski definition) is 4. The Bertz CT molecular complexity index is 957. The first-order valence-corrected chi connectivity index (χ1v) is 10.5. The van der Waals surface area contributed by atoms with Crippen LogP contribution < -0.4 is 10.6 Å². The zero-order valence-electron chi connectivity index (χ0n) is 16.4. The van der Waals surface area contributed by atoms with Gasteiger partial charge in [-0.15, -0.1) is 11.3 Å². The molecule has 0 aliphatic carbocycles. The van der Waals surface area contributed by atoms with Crippen molar-refractivity contribution in [3.05, 3.63) is 77.7 Å². The fourth-order valence-electron chi connectivity index (χ4n) is 3.43. The molecule has 1 fully saturated rings. The summed E-state index contributed by atoms with van der Waals surface area (Å²) in [5.74, 6) is -0.707. The molecule has 4 rings (SSSR count). The van der Waals surface area contributed by atoms with Crippen LogP contribution in [0.2, 0.25) is 0 Å². The molecule has 2 atom stereocenters. The third-order valence-electron chi connectivity index (χ3n) is 4.79.